The Bertz CT molecular complexity index is 903. The summed E-state index contributed by atoms with van der Waals surface area (Å²) in [5.41, 5.74) is 1.83. The Hall–Kier alpha value is -1.12. The number of ether oxygens (including phenoxy) is 14. The fraction of sp³-hybridized carbons (Fsp3) is 0.867. The third kappa shape index (κ3) is 10.7. The van der Waals surface area contributed by atoms with Crippen LogP contribution in [0.2, 0.25) is 0 Å². The summed E-state index contributed by atoms with van der Waals surface area (Å²) in [5, 5.41) is 10.1. The lowest BCUT2D eigenvalue weighted by molar-refractivity contribution is -0.347. The Balaban J connectivity index is 1.11. The predicted octanol–water partition coefficient (Wildman–Crippen LogP) is 0.521. The molecule has 1 N–H and O–H groups in total. The minimum atomic E-state index is -1.37. The molecule has 15 heteroatoms. The number of hydrogen-bond acceptors (Lipinski definition) is 15. The molecule has 0 amide bonds. The summed E-state index contributed by atoms with van der Waals surface area (Å²) in [6, 6.07) is 0. The normalized spacial score (nSPS) is 32.0. The molecule has 2 saturated heterocycles. The molecule has 0 aromatic carbocycles. The van der Waals surface area contributed by atoms with Crippen molar-refractivity contribution in [1.29, 1.82) is 0 Å². The first-order chi connectivity index (χ1) is 22.0. The fourth-order valence-corrected chi connectivity index (χ4v) is 5.25. The van der Waals surface area contributed by atoms with Gasteiger partial charge in [-0.15, -0.1) is 0 Å². The third-order valence-corrected chi connectivity index (χ3v) is 7.67. The van der Waals surface area contributed by atoms with Crippen molar-refractivity contribution in [2.45, 2.75) is 75.6 Å². The lowest BCUT2D eigenvalue weighted by Gasteiger charge is -2.46. The van der Waals surface area contributed by atoms with Gasteiger partial charge in [-0.1, -0.05) is 0 Å². The highest BCUT2D eigenvalue weighted by Gasteiger charge is 2.48. The average molecular weight is 651 g/mol. The van der Waals surface area contributed by atoms with Gasteiger partial charge in [0.15, 0.2) is 0 Å². The Morgan fingerprint density at radius 1 is 0.622 bits per heavy atom. The molecular weight excluding hydrogens is 600 g/mol. The van der Waals surface area contributed by atoms with Crippen LogP contribution in [-0.4, -0.2) is 161 Å². The van der Waals surface area contributed by atoms with Crippen LogP contribution in [0.3, 0.4) is 0 Å². The molecule has 0 saturated carbocycles. The number of rotatable bonds is 24. The van der Waals surface area contributed by atoms with Gasteiger partial charge < -0.3 is 71.4 Å². The topological polar surface area (TPSA) is 149 Å². The van der Waals surface area contributed by atoms with Crippen LogP contribution in [0.4, 0.5) is 0 Å². The number of methoxy groups -OCH3 is 3. The third-order valence-electron chi connectivity index (χ3n) is 7.67. The van der Waals surface area contributed by atoms with E-state index < -0.39 is 25.2 Å². The lowest BCUT2D eigenvalue weighted by atomic mass is 9.84. The largest absolute Gasteiger partial charge is 0.382 e. The van der Waals surface area contributed by atoms with Crippen LogP contribution < -0.4 is 0 Å². The van der Waals surface area contributed by atoms with Crippen molar-refractivity contribution < 1.29 is 71.4 Å². The van der Waals surface area contributed by atoms with Gasteiger partial charge in [-0.2, -0.15) is 0 Å². The molecule has 6 unspecified atom stereocenters. The summed E-state index contributed by atoms with van der Waals surface area (Å²) in [7, 11) is 4.78. The molecule has 4 aliphatic rings. The summed E-state index contributed by atoms with van der Waals surface area (Å²) in [6.45, 7) is 6.11. The van der Waals surface area contributed by atoms with E-state index in [0.717, 1.165) is 11.1 Å². The van der Waals surface area contributed by atoms with Gasteiger partial charge in [-0.25, -0.2) is 0 Å². The zero-order chi connectivity index (χ0) is 32.0. The number of aliphatic hydroxyl groups is 1. The molecule has 2 fully saturated rings. The molecule has 0 aromatic rings. The highest BCUT2D eigenvalue weighted by molar-refractivity contribution is 5.33. The molecule has 0 bridgehead atoms. The molecular formula is C30H50O15. The average Bonchev–Trinajstić information content (AvgIpc) is 3.02. The molecule has 15 nitrogen and oxygen atoms in total. The van der Waals surface area contributed by atoms with Crippen LogP contribution in [0.5, 0.6) is 0 Å². The van der Waals surface area contributed by atoms with Crippen LogP contribution in [0, 0.1) is 0 Å². The van der Waals surface area contributed by atoms with Crippen LogP contribution in [0.1, 0.15) is 13.8 Å². The van der Waals surface area contributed by atoms with Crippen molar-refractivity contribution >= 4 is 0 Å². The summed E-state index contributed by atoms with van der Waals surface area (Å²) < 4.78 is 78.2. The van der Waals surface area contributed by atoms with Gasteiger partial charge >= 0.3 is 0 Å². The molecule has 0 aromatic heterocycles. The fourth-order valence-electron chi connectivity index (χ4n) is 5.25. The second-order valence-electron chi connectivity index (χ2n) is 10.7. The van der Waals surface area contributed by atoms with Crippen molar-refractivity contribution in [3.05, 3.63) is 23.3 Å². The molecule has 10 atom stereocenters. The van der Waals surface area contributed by atoms with E-state index in [1.165, 1.54) is 7.11 Å². The SMILES string of the molecule is COCCOCCOC(C)[C@@H]1OC(O)O[C@@H]2C1=CC2OCOCCOC1C=C2[C@@H](C(C)OCCOCCOC)OC(OC)O[C@@H]21. The van der Waals surface area contributed by atoms with Gasteiger partial charge in [0, 0.05) is 21.3 Å². The first-order valence-electron chi connectivity index (χ1n) is 15.4. The maximum Gasteiger partial charge on any atom is 0.272 e. The zero-order valence-corrected chi connectivity index (χ0v) is 26.9. The molecule has 0 radical (unpaired) electrons. The Morgan fingerprint density at radius 3 is 1.76 bits per heavy atom. The first-order valence-corrected chi connectivity index (χ1v) is 15.4. The highest BCUT2D eigenvalue weighted by Crippen LogP contribution is 2.39. The van der Waals surface area contributed by atoms with Gasteiger partial charge in [0.25, 0.3) is 13.0 Å². The number of aliphatic hydroxyl groups excluding tert-OH is 1. The molecule has 2 heterocycles. The second-order valence-corrected chi connectivity index (χ2v) is 10.7. The van der Waals surface area contributed by atoms with E-state index in [9.17, 15) is 5.11 Å². The molecule has 2 aliphatic carbocycles. The number of hydrogen-bond donors (Lipinski definition) is 1. The summed E-state index contributed by atoms with van der Waals surface area (Å²) in [6.07, 6.45) is 1.20. The maximum absolute atomic E-state index is 10.1. The predicted molar refractivity (Wildman–Crippen MR) is 154 cm³/mol. The Morgan fingerprint density at radius 2 is 1.16 bits per heavy atom. The van der Waals surface area contributed by atoms with Crippen molar-refractivity contribution in [3.8, 4) is 0 Å². The van der Waals surface area contributed by atoms with Crippen molar-refractivity contribution in [3.63, 3.8) is 0 Å². The number of fused-ring (bicyclic) bond motifs is 2. The smallest absolute Gasteiger partial charge is 0.272 e. The van der Waals surface area contributed by atoms with E-state index in [1.807, 2.05) is 26.0 Å². The maximum atomic E-state index is 10.1. The molecule has 260 valence electrons. The van der Waals surface area contributed by atoms with Crippen LogP contribution in [0.25, 0.3) is 0 Å². The van der Waals surface area contributed by atoms with E-state index in [0.29, 0.717) is 66.1 Å². The highest BCUT2D eigenvalue weighted by atomic mass is 16.9. The molecule has 0 spiro atoms. The van der Waals surface area contributed by atoms with Gasteiger partial charge in [0.2, 0.25) is 0 Å². The minimum Gasteiger partial charge on any atom is -0.382 e. The van der Waals surface area contributed by atoms with Gasteiger partial charge in [-0.3, -0.25) is 0 Å². The Labute approximate surface area is 264 Å². The summed E-state index contributed by atoms with van der Waals surface area (Å²) in [5.74, 6) is 0. The lowest BCUT2D eigenvalue weighted by Crippen LogP contribution is -2.56. The van der Waals surface area contributed by atoms with E-state index in [4.69, 9.17) is 66.3 Å². The van der Waals surface area contributed by atoms with Crippen molar-refractivity contribution in [1.82, 2.24) is 0 Å². The Kier molecular flexibility index (Phi) is 16.0. The van der Waals surface area contributed by atoms with E-state index in [1.54, 1.807) is 14.2 Å². The minimum absolute atomic E-state index is 0.0293. The zero-order valence-electron chi connectivity index (χ0n) is 26.9. The van der Waals surface area contributed by atoms with Crippen molar-refractivity contribution in [2.24, 2.45) is 0 Å². The molecule has 4 rings (SSSR count). The second kappa shape index (κ2) is 19.6. The first kappa shape index (κ1) is 36.7. The van der Waals surface area contributed by atoms with Gasteiger partial charge in [-0.05, 0) is 37.1 Å². The van der Waals surface area contributed by atoms with Crippen LogP contribution in [-0.2, 0) is 66.3 Å². The summed E-state index contributed by atoms with van der Waals surface area (Å²) in [4.78, 5) is 0. The standard InChI is InChI=1S/C30H50O15/c1-19(38-13-10-35-8-6-32-3)25-21-17-24(27(21)43-29(31)42-25)41-18-37-12-15-40-23-16-22-26(44-30(34-5)45-28(22)23)20(2)39-14-11-36-9-7-33-4/h16-17,19-20,23-31H,6-15,18H2,1-5H3/t19?,20?,23?,24?,25-,26+,27+,28-,29?,30?/m0/s1. The van der Waals surface area contributed by atoms with Crippen LogP contribution in [0.15, 0.2) is 23.3 Å². The van der Waals surface area contributed by atoms with Gasteiger partial charge in [0.1, 0.15) is 43.4 Å². The van der Waals surface area contributed by atoms with Gasteiger partial charge in [0.05, 0.1) is 78.3 Å². The van der Waals surface area contributed by atoms with E-state index in [-0.39, 0.29) is 43.4 Å². The van der Waals surface area contributed by atoms with E-state index >= 15 is 0 Å². The van der Waals surface area contributed by atoms with E-state index in [2.05, 4.69) is 0 Å². The molecule has 2 aliphatic heterocycles. The summed E-state index contributed by atoms with van der Waals surface area (Å²) >= 11 is 0. The van der Waals surface area contributed by atoms with Crippen LogP contribution >= 0.6 is 0 Å². The monoisotopic (exact) mass is 650 g/mol. The molecule has 45 heavy (non-hydrogen) atoms. The van der Waals surface area contributed by atoms with Crippen molar-refractivity contribution in [2.75, 3.05) is 94.2 Å². The quantitative estimate of drug-likeness (QED) is 0.0878.